The molecule has 0 N–H and O–H groups in total. The number of hydrogen-bond acceptors (Lipinski definition) is 0. The van der Waals surface area contributed by atoms with Crippen molar-refractivity contribution in [2.75, 3.05) is 0 Å². The van der Waals surface area contributed by atoms with Gasteiger partial charge in [0, 0.05) is 6.42 Å². The van der Waals surface area contributed by atoms with E-state index in [0.717, 1.165) is 12.2 Å². The summed E-state index contributed by atoms with van der Waals surface area (Å²) >= 11 is 5.12. The topological polar surface area (TPSA) is 0 Å². The molecule has 1 aliphatic rings. The zero-order valence-electron chi connectivity index (χ0n) is 5.83. The molecule has 0 fully saturated rings. The number of halogens is 5. The van der Waals surface area contributed by atoms with Crippen molar-refractivity contribution in [3.05, 3.63) is 23.3 Å². The molecule has 1 unspecified atom stereocenters. The van der Waals surface area contributed by atoms with E-state index in [1.165, 1.54) is 6.08 Å². The van der Waals surface area contributed by atoms with Gasteiger partial charge in [-0.1, -0.05) is 23.8 Å². The molecule has 0 heterocycles. The first-order valence-electron chi connectivity index (χ1n) is 3.16. The minimum absolute atomic E-state index is 0.744. The van der Waals surface area contributed by atoms with Gasteiger partial charge >= 0.3 is 6.18 Å². The summed E-state index contributed by atoms with van der Waals surface area (Å²) in [6.45, 7) is 0. The van der Waals surface area contributed by atoms with E-state index in [1.54, 1.807) is 0 Å². The van der Waals surface area contributed by atoms with Crippen LogP contribution in [0.25, 0.3) is 0 Å². The molecule has 0 spiro atoms. The van der Waals surface area contributed by atoms with Crippen molar-refractivity contribution in [2.24, 2.45) is 0 Å². The molecule has 0 aromatic heterocycles. The van der Waals surface area contributed by atoms with E-state index in [9.17, 15) is 17.6 Å². The molecule has 0 radical (unpaired) electrons. The second-order valence-electron chi connectivity index (χ2n) is 2.45. The number of allylic oxidation sites excluding steroid dienone is 4. The van der Waals surface area contributed by atoms with Crippen LogP contribution in [0.3, 0.4) is 0 Å². The van der Waals surface area contributed by atoms with E-state index in [4.69, 9.17) is 11.6 Å². The third kappa shape index (κ3) is 1.35. The van der Waals surface area contributed by atoms with Gasteiger partial charge in [0.15, 0.2) is 0 Å². The molecule has 12 heavy (non-hydrogen) atoms. The maximum Gasteiger partial charge on any atom is 0.427 e. The lowest BCUT2D eigenvalue weighted by atomic mass is 9.96. The SMILES string of the molecule is FC(F)(F)C1(F)CC=CC=C1Cl. The van der Waals surface area contributed by atoms with Crippen LogP contribution in [0.4, 0.5) is 17.6 Å². The van der Waals surface area contributed by atoms with Crippen LogP contribution >= 0.6 is 11.6 Å². The number of hydrogen-bond donors (Lipinski definition) is 0. The molecular weight excluding hydrogens is 196 g/mol. The molecule has 5 heteroatoms. The molecule has 1 aliphatic carbocycles. The molecule has 0 bridgehead atoms. The fourth-order valence-electron chi connectivity index (χ4n) is 0.864. The van der Waals surface area contributed by atoms with Gasteiger partial charge in [-0.25, -0.2) is 4.39 Å². The van der Waals surface area contributed by atoms with E-state index in [1.807, 2.05) is 0 Å². The third-order valence-electron chi connectivity index (χ3n) is 1.61. The Morgan fingerprint density at radius 2 is 2.00 bits per heavy atom. The summed E-state index contributed by atoms with van der Waals surface area (Å²) in [6.07, 6.45) is -2.37. The minimum atomic E-state index is -4.94. The smallest absolute Gasteiger partial charge is 0.227 e. The highest BCUT2D eigenvalue weighted by Crippen LogP contribution is 2.45. The van der Waals surface area contributed by atoms with E-state index in [-0.39, 0.29) is 0 Å². The zero-order valence-corrected chi connectivity index (χ0v) is 6.58. The van der Waals surface area contributed by atoms with Gasteiger partial charge in [0.2, 0.25) is 5.67 Å². The van der Waals surface area contributed by atoms with Gasteiger partial charge < -0.3 is 0 Å². The second kappa shape index (κ2) is 2.76. The van der Waals surface area contributed by atoms with Gasteiger partial charge in [-0.3, -0.25) is 0 Å². The fourth-order valence-corrected chi connectivity index (χ4v) is 1.12. The molecule has 0 aliphatic heterocycles. The summed E-state index contributed by atoms with van der Waals surface area (Å²) in [4.78, 5) is 0. The van der Waals surface area contributed by atoms with Crippen molar-refractivity contribution >= 4 is 11.6 Å². The van der Waals surface area contributed by atoms with Gasteiger partial charge in [0.1, 0.15) is 0 Å². The van der Waals surface area contributed by atoms with Crippen molar-refractivity contribution in [1.82, 2.24) is 0 Å². The van der Waals surface area contributed by atoms with Gasteiger partial charge in [-0.2, -0.15) is 13.2 Å². The lowest BCUT2D eigenvalue weighted by Crippen LogP contribution is -2.41. The normalized spacial score (nSPS) is 30.2. The molecule has 1 rings (SSSR count). The number of alkyl halides is 4. The molecule has 0 nitrogen and oxygen atoms in total. The van der Waals surface area contributed by atoms with Crippen molar-refractivity contribution < 1.29 is 17.6 Å². The molecule has 0 saturated carbocycles. The predicted molar refractivity (Wildman–Crippen MR) is 37.6 cm³/mol. The minimum Gasteiger partial charge on any atom is -0.227 e. The summed E-state index contributed by atoms with van der Waals surface area (Å²) < 4.78 is 49.2. The van der Waals surface area contributed by atoms with Crippen LogP contribution in [0.2, 0.25) is 0 Å². The van der Waals surface area contributed by atoms with Crippen LogP contribution in [0.5, 0.6) is 0 Å². The molecule has 0 saturated heterocycles. The first-order chi connectivity index (χ1) is 5.38. The summed E-state index contributed by atoms with van der Waals surface area (Å²) in [7, 11) is 0. The Kier molecular flexibility index (Phi) is 2.21. The van der Waals surface area contributed by atoms with Crippen LogP contribution < -0.4 is 0 Å². The summed E-state index contributed by atoms with van der Waals surface area (Å²) in [5.74, 6) is 0. The molecular formula is C7H5ClF4. The Bertz CT molecular complexity index is 240. The van der Waals surface area contributed by atoms with Crippen LogP contribution in [-0.2, 0) is 0 Å². The highest BCUT2D eigenvalue weighted by atomic mass is 35.5. The largest absolute Gasteiger partial charge is 0.427 e. The van der Waals surface area contributed by atoms with Gasteiger partial charge in [-0.15, -0.1) is 0 Å². The summed E-state index contributed by atoms with van der Waals surface area (Å²) in [5.41, 5.74) is -3.39. The predicted octanol–water partition coefficient (Wildman–Crippen LogP) is 3.34. The van der Waals surface area contributed by atoms with Gasteiger partial charge in [0.25, 0.3) is 0 Å². The maximum absolute atomic E-state index is 13.1. The van der Waals surface area contributed by atoms with Crippen molar-refractivity contribution in [1.29, 1.82) is 0 Å². The average Bonchev–Trinajstić information content (AvgIpc) is 1.93. The molecule has 68 valence electrons. The monoisotopic (exact) mass is 200 g/mol. The van der Waals surface area contributed by atoms with Crippen molar-refractivity contribution in [3.8, 4) is 0 Å². The Hall–Kier alpha value is -0.510. The quantitative estimate of drug-likeness (QED) is 0.526. The highest BCUT2D eigenvalue weighted by molar-refractivity contribution is 6.31. The van der Waals surface area contributed by atoms with Crippen LogP contribution in [0.1, 0.15) is 6.42 Å². The van der Waals surface area contributed by atoms with E-state index >= 15 is 0 Å². The van der Waals surface area contributed by atoms with Gasteiger partial charge in [-0.05, 0) is 6.08 Å². The summed E-state index contributed by atoms with van der Waals surface area (Å²) in [6, 6.07) is 0. The molecule has 0 amide bonds. The summed E-state index contributed by atoms with van der Waals surface area (Å²) in [5, 5.41) is -0.808. The first-order valence-corrected chi connectivity index (χ1v) is 3.54. The molecule has 0 aromatic carbocycles. The Morgan fingerprint density at radius 1 is 1.42 bits per heavy atom. The van der Waals surface area contributed by atoms with E-state index in [2.05, 4.69) is 0 Å². The zero-order chi connectivity index (χ0) is 9.41. The molecule has 1 atom stereocenters. The Labute approximate surface area is 71.5 Å². The van der Waals surface area contributed by atoms with Crippen molar-refractivity contribution in [2.45, 2.75) is 18.3 Å². The van der Waals surface area contributed by atoms with E-state index in [0.29, 0.717) is 0 Å². The lowest BCUT2D eigenvalue weighted by molar-refractivity contribution is -0.212. The van der Waals surface area contributed by atoms with Crippen LogP contribution in [0, 0.1) is 0 Å². The third-order valence-corrected chi connectivity index (χ3v) is 2.03. The molecule has 0 aromatic rings. The standard InChI is InChI=1S/C7H5ClF4/c8-5-3-1-2-4-6(5,9)7(10,11)12/h1-3H,4H2. The Morgan fingerprint density at radius 3 is 2.33 bits per heavy atom. The highest BCUT2D eigenvalue weighted by Gasteiger charge is 2.57. The van der Waals surface area contributed by atoms with Crippen molar-refractivity contribution in [3.63, 3.8) is 0 Å². The van der Waals surface area contributed by atoms with Gasteiger partial charge in [0.05, 0.1) is 5.03 Å². The van der Waals surface area contributed by atoms with E-state index < -0.39 is 23.3 Å². The number of rotatable bonds is 0. The lowest BCUT2D eigenvalue weighted by Gasteiger charge is -2.27. The van der Waals surface area contributed by atoms with Crippen LogP contribution in [-0.4, -0.2) is 11.8 Å². The first kappa shape index (κ1) is 9.58. The van der Waals surface area contributed by atoms with Crippen LogP contribution in [0.15, 0.2) is 23.3 Å². The fraction of sp³-hybridized carbons (Fsp3) is 0.429. The second-order valence-corrected chi connectivity index (χ2v) is 2.85. The maximum atomic E-state index is 13.1. The average molecular weight is 201 g/mol. The Balaban J connectivity index is 3.01.